The number of carboxylic acid groups (broad SMARTS) is 1. The summed E-state index contributed by atoms with van der Waals surface area (Å²) in [7, 11) is 0. The molecular weight excluding hydrogens is 302 g/mol. The molecule has 0 bridgehead atoms. The molecule has 0 unspecified atom stereocenters. The van der Waals surface area contributed by atoms with Crippen molar-refractivity contribution in [3.05, 3.63) is 45.6 Å². The second-order valence-electron chi connectivity index (χ2n) is 5.07. The topological polar surface area (TPSA) is 75.6 Å². The highest BCUT2D eigenvalue weighted by Crippen LogP contribution is 2.31. The van der Waals surface area contributed by atoms with E-state index in [9.17, 15) is 9.59 Å². The lowest BCUT2D eigenvalue weighted by molar-refractivity contribution is -0.139. The average molecular weight is 317 g/mol. The molecule has 1 heterocycles. The third-order valence-electron chi connectivity index (χ3n) is 3.44. The molecule has 1 aromatic heterocycles. The molecular formula is C16H15NO4S. The van der Waals surface area contributed by atoms with Crippen molar-refractivity contribution in [1.82, 2.24) is 0 Å². The number of ether oxygens (including phenoxy) is 1. The Morgan fingerprint density at radius 2 is 2.00 bits per heavy atom. The van der Waals surface area contributed by atoms with Crippen LogP contribution in [0.5, 0.6) is 5.75 Å². The molecule has 2 aromatic rings. The number of aliphatic carboxylic acids is 1. The second kappa shape index (κ2) is 6.19. The molecule has 0 spiro atoms. The Morgan fingerprint density at radius 3 is 2.68 bits per heavy atom. The van der Waals surface area contributed by atoms with Crippen LogP contribution in [0.1, 0.15) is 26.5 Å². The predicted octanol–water partition coefficient (Wildman–Crippen LogP) is 2.95. The third-order valence-corrected chi connectivity index (χ3v) is 4.68. The van der Waals surface area contributed by atoms with Gasteiger partial charge in [-0.05, 0) is 55.2 Å². The fourth-order valence-corrected chi connectivity index (χ4v) is 3.56. The molecule has 0 atom stereocenters. The summed E-state index contributed by atoms with van der Waals surface area (Å²) in [4.78, 5) is 24.7. The SMILES string of the molecule is O=C(O)COc1ccc(NC(=O)c2cc3c(s2)CCC3)cc1. The van der Waals surface area contributed by atoms with Crippen LogP contribution in [-0.4, -0.2) is 23.6 Å². The van der Waals surface area contributed by atoms with E-state index in [-0.39, 0.29) is 12.5 Å². The number of carbonyl (C=O) groups excluding carboxylic acids is 1. The van der Waals surface area contributed by atoms with Crippen LogP contribution in [0.15, 0.2) is 30.3 Å². The molecule has 2 N–H and O–H groups in total. The van der Waals surface area contributed by atoms with Crippen LogP contribution in [0.3, 0.4) is 0 Å². The Hall–Kier alpha value is -2.34. The summed E-state index contributed by atoms with van der Waals surface area (Å²) in [6, 6.07) is 8.62. The first-order valence-corrected chi connectivity index (χ1v) is 7.81. The van der Waals surface area contributed by atoms with E-state index in [1.807, 2.05) is 6.07 Å². The van der Waals surface area contributed by atoms with Gasteiger partial charge in [-0.1, -0.05) is 0 Å². The van der Waals surface area contributed by atoms with Gasteiger partial charge >= 0.3 is 5.97 Å². The van der Waals surface area contributed by atoms with Gasteiger partial charge in [0.2, 0.25) is 0 Å². The van der Waals surface area contributed by atoms with E-state index in [1.165, 1.54) is 16.9 Å². The first kappa shape index (κ1) is 14.6. The van der Waals surface area contributed by atoms with E-state index in [1.54, 1.807) is 35.6 Å². The van der Waals surface area contributed by atoms with Crippen LogP contribution in [-0.2, 0) is 17.6 Å². The minimum Gasteiger partial charge on any atom is -0.482 e. The van der Waals surface area contributed by atoms with Gasteiger partial charge in [-0.15, -0.1) is 11.3 Å². The van der Waals surface area contributed by atoms with Gasteiger partial charge in [-0.25, -0.2) is 4.79 Å². The zero-order valence-corrected chi connectivity index (χ0v) is 12.6. The maximum atomic E-state index is 12.2. The van der Waals surface area contributed by atoms with E-state index in [0.29, 0.717) is 11.4 Å². The quantitative estimate of drug-likeness (QED) is 0.889. The molecule has 0 saturated heterocycles. The maximum absolute atomic E-state index is 12.2. The largest absolute Gasteiger partial charge is 0.482 e. The number of carbonyl (C=O) groups is 2. The van der Waals surface area contributed by atoms with Crippen LogP contribution < -0.4 is 10.1 Å². The van der Waals surface area contributed by atoms with E-state index in [0.717, 1.165) is 17.7 Å². The Morgan fingerprint density at radius 1 is 1.23 bits per heavy atom. The van der Waals surface area contributed by atoms with E-state index < -0.39 is 5.97 Å². The van der Waals surface area contributed by atoms with Crippen LogP contribution in [0.4, 0.5) is 5.69 Å². The van der Waals surface area contributed by atoms with Crippen LogP contribution in [0, 0.1) is 0 Å². The standard InChI is InChI=1S/C16H15NO4S/c18-15(19)9-21-12-6-4-11(5-7-12)17-16(20)14-8-10-2-1-3-13(10)22-14/h4-8H,1-3,9H2,(H,17,20)(H,18,19). The lowest BCUT2D eigenvalue weighted by Crippen LogP contribution is -2.11. The van der Waals surface area contributed by atoms with Gasteiger partial charge in [0, 0.05) is 10.6 Å². The van der Waals surface area contributed by atoms with Gasteiger partial charge in [0.1, 0.15) is 5.75 Å². The number of fused-ring (bicyclic) bond motifs is 1. The Bertz CT molecular complexity index is 684. The number of nitrogens with one attached hydrogen (secondary N) is 1. The smallest absolute Gasteiger partial charge is 0.341 e. The van der Waals surface area contributed by atoms with Gasteiger partial charge in [-0.3, -0.25) is 4.79 Å². The van der Waals surface area contributed by atoms with Crippen LogP contribution in [0.2, 0.25) is 0 Å². The molecule has 3 rings (SSSR count). The zero-order chi connectivity index (χ0) is 15.5. The molecule has 0 radical (unpaired) electrons. The first-order valence-electron chi connectivity index (χ1n) is 6.99. The highest BCUT2D eigenvalue weighted by Gasteiger charge is 2.18. The normalized spacial score (nSPS) is 12.7. The van der Waals surface area contributed by atoms with Crippen molar-refractivity contribution in [2.45, 2.75) is 19.3 Å². The minimum atomic E-state index is -1.02. The van der Waals surface area contributed by atoms with E-state index >= 15 is 0 Å². The number of hydrogen-bond acceptors (Lipinski definition) is 4. The molecule has 114 valence electrons. The minimum absolute atomic E-state index is 0.112. The number of hydrogen-bond donors (Lipinski definition) is 2. The Labute approximate surface area is 131 Å². The summed E-state index contributed by atoms with van der Waals surface area (Å²) < 4.78 is 5.04. The second-order valence-corrected chi connectivity index (χ2v) is 6.21. The molecule has 1 amide bonds. The third kappa shape index (κ3) is 3.28. The predicted molar refractivity (Wildman–Crippen MR) is 83.9 cm³/mol. The van der Waals surface area contributed by atoms with Gasteiger partial charge in [0.05, 0.1) is 4.88 Å². The summed E-state index contributed by atoms with van der Waals surface area (Å²) in [5.74, 6) is -0.683. The van der Waals surface area contributed by atoms with Crippen LogP contribution in [0.25, 0.3) is 0 Å². The molecule has 5 nitrogen and oxygen atoms in total. The number of anilines is 1. The molecule has 0 aliphatic heterocycles. The van der Waals surface area contributed by atoms with Crippen molar-refractivity contribution in [2.24, 2.45) is 0 Å². The van der Waals surface area contributed by atoms with Crippen LogP contribution >= 0.6 is 11.3 Å². The molecule has 22 heavy (non-hydrogen) atoms. The zero-order valence-electron chi connectivity index (χ0n) is 11.8. The summed E-state index contributed by atoms with van der Waals surface area (Å²) in [6.45, 7) is -0.382. The van der Waals surface area contributed by atoms with Gasteiger partial charge in [-0.2, -0.15) is 0 Å². The average Bonchev–Trinajstić information content (AvgIpc) is 3.07. The number of carboxylic acids is 1. The lowest BCUT2D eigenvalue weighted by atomic mass is 10.2. The summed E-state index contributed by atoms with van der Waals surface area (Å²) >= 11 is 1.56. The van der Waals surface area contributed by atoms with Crippen molar-refractivity contribution in [3.8, 4) is 5.75 Å². The highest BCUT2D eigenvalue weighted by molar-refractivity contribution is 7.14. The number of amides is 1. The lowest BCUT2D eigenvalue weighted by Gasteiger charge is -2.06. The number of thiophene rings is 1. The van der Waals surface area contributed by atoms with Gasteiger partial charge in [0.25, 0.3) is 5.91 Å². The maximum Gasteiger partial charge on any atom is 0.341 e. The summed E-state index contributed by atoms with van der Waals surface area (Å²) in [6.07, 6.45) is 3.32. The van der Waals surface area contributed by atoms with Crippen molar-refractivity contribution < 1.29 is 19.4 Å². The van der Waals surface area contributed by atoms with Crippen molar-refractivity contribution in [1.29, 1.82) is 0 Å². The fourth-order valence-electron chi connectivity index (χ4n) is 2.41. The molecule has 1 aliphatic rings. The van der Waals surface area contributed by atoms with Crippen molar-refractivity contribution in [3.63, 3.8) is 0 Å². The number of benzene rings is 1. The number of aryl methyl sites for hydroxylation is 2. The molecule has 6 heteroatoms. The van der Waals surface area contributed by atoms with Gasteiger partial charge < -0.3 is 15.2 Å². The highest BCUT2D eigenvalue weighted by atomic mass is 32.1. The molecule has 1 aromatic carbocycles. The summed E-state index contributed by atoms with van der Waals surface area (Å²) in [5.41, 5.74) is 1.95. The monoisotopic (exact) mass is 317 g/mol. The van der Waals surface area contributed by atoms with Crippen molar-refractivity contribution in [2.75, 3.05) is 11.9 Å². The first-order chi connectivity index (χ1) is 10.6. The van der Waals surface area contributed by atoms with E-state index in [4.69, 9.17) is 9.84 Å². The Kier molecular flexibility index (Phi) is 4.11. The van der Waals surface area contributed by atoms with Crippen molar-refractivity contribution >= 4 is 28.9 Å². The number of rotatable bonds is 5. The van der Waals surface area contributed by atoms with Gasteiger partial charge in [0.15, 0.2) is 6.61 Å². The fraction of sp³-hybridized carbons (Fsp3) is 0.250. The molecule has 1 aliphatic carbocycles. The summed E-state index contributed by atoms with van der Waals surface area (Å²) in [5, 5.41) is 11.4. The van der Waals surface area contributed by atoms with E-state index in [2.05, 4.69) is 5.32 Å². The molecule has 0 fully saturated rings. The Balaban J connectivity index is 1.62. The molecule has 0 saturated carbocycles.